The Morgan fingerprint density at radius 3 is 2.54 bits per heavy atom. The molecule has 0 aromatic heterocycles. The fourth-order valence-corrected chi connectivity index (χ4v) is 2.19. The third-order valence-corrected chi connectivity index (χ3v) is 3.75. The molecule has 2 rings (SSSR count). The molecule has 120 valence electrons. The molecule has 0 atom stereocenters. The van der Waals surface area contributed by atoms with E-state index in [-0.39, 0.29) is 11.3 Å². The number of carbonyl (C=O) groups is 1. The van der Waals surface area contributed by atoms with Crippen molar-refractivity contribution in [2.24, 2.45) is 0 Å². The van der Waals surface area contributed by atoms with Gasteiger partial charge in [0.25, 0.3) is 11.6 Å². The van der Waals surface area contributed by atoms with E-state index in [0.717, 1.165) is 4.47 Å². The maximum atomic E-state index is 12.3. The number of carbonyl (C=O) groups excluding carboxylic acids is 1. The van der Waals surface area contributed by atoms with Crippen molar-refractivity contribution in [3.63, 3.8) is 0 Å². The van der Waals surface area contributed by atoms with Crippen LogP contribution in [0.4, 0.5) is 11.4 Å². The first-order chi connectivity index (χ1) is 11.4. The number of benzene rings is 2. The number of hydrogen-bond donors (Lipinski definition) is 1. The van der Waals surface area contributed by atoms with Gasteiger partial charge in [0, 0.05) is 16.6 Å². The molecule has 0 bridgehead atoms. The number of amides is 1. The summed E-state index contributed by atoms with van der Waals surface area (Å²) >= 11 is 3.31. The van der Waals surface area contributed by atoms with Crippen molar-refractivity contribution in [3.05, 3.63) is 73.8 Å². The van der Waals surface area contributed by atoms with Gasteiger partial charge in [0.2, 0.25) is 0 Å². The van der Waals surface area contributed by atoms with E-state index in [9.17, 15) is 20.2 Å². The fourth-order valence-electron chi connectivity index (χ4n) is 1.92. The largest absolute Gasteiger partial charge is 0.321 e. The summed E-state index contributed by atoms with van der Waals surface area (Å²) in [6.45, 7) is 1.71. The van der Waals surface area contributed by atoms with Gasteiger partial charge in [0.15, 0.2) is 0 Å². The van der Waals surface area contributed by atoms with Gasteiger partial charge >= 0.3 is 0 Å². The van der Waals surface area contributed by atoms with E-state index in [4.69, 9.17) is 0 Å². The number of nitrogens with one attached hydrogen (secondary N) is 1. The predicted octanol–water partition coefficient (Wildman–Crippen LogP) is 4.21. The van der Waals surface area contributed by atoms with Gasteiger partial charge in [-0.1, -0.05) is 34.1 Å². The predicted molar refractivity (Wildman–Crippen MR) is 94.2 cm³/mol. The Hall–Kier alpha value is -2.98. The average Bonchev–Trinajstić information content (AvgIpc) is 2.56. The minimum atomic E-state index is -0.621. The highest BCUT2D eigenvalue weighted by Crippen LogP contribution is 2.22. The molecule has 6 nitrogen and oxygen atoms in total. The summed E-state index contributed by atoms with van der Waals surface area (Å²) in [5, 5.41) is 22.6. The lowest BCUT2D eigenvalue weighted by molar-refractivity contribution is -0.384. The quantitative estimate of drug-likeness (QED) is 0.368. The molecular weight excluding hydrogens is 374 g/mol. The van der Waals surface area contributed by atoms with E-state index in [2.05, 4.69) is 21.2 Å². The molecule has 7 heteroatoms. The molecule has 0 fully saturated rings. The minimum Gasteiger partial charge on any atom is -0.321 e. The molecule has 0 heterocycles. The number of nitrogens with zero attached hydrogens (tertiary/aromatic N) is 2. The standard InChI is InChI=1S/C17H12BrN3O3/c1-11-2-7-15(21(23)24)9-16(11)20-17(22)13(10-19)8-12-3-5-14(18)6-4-12/h2-9H,1H3,(H,20,22). The number of aryl methyl sites for hydroxylation is 1. The van der Waals surface area contributed by atoms with Gasteiger partial charge in [0.1, 0.15) is 11.6 Å². The summed E-state index contributed by atoms with van der Waals surface area (Å²) in [4.78, 5) is 22.6. The molecule has 0 unspecified atom stereocenters. The van der Waals surface area contributed by atoms with Crippen LogP contribution in [-0.2, 0) is 4.79 Å². The molecule has 1 N–H and O–H groups in total. The summed E-state index contributed by atoms with van der Waals surface area (Å²) < 4.78 is 0.884. The Labute approximate surface area is 146 Å². The van der Waals surface area contributed by atoms with E-state index < -0.39 is 10.8 Å². The second-order valence-electron chi connectivity index (χ2n) is 4.93. The van der Waals surface area contributed by atoms with Gasteiger partial charge in [-0.2, -0.15) is 5.26 Å². The smallest absolute Gasteiger partial charge is 0.271 e. The highest BCUT2D eigenvalue weighted by molar-refractivity contribution is 9.10. The topological polar surface area (TPSA) is 96.0 Å². The van der Waals surface area contributed by atoms with Gasteiger partial charge in [-0.25, -0.2) is 0 Å². The lowest BCUT2D eigenvalue weighted by Crippen LogP contribution is -2.14. The van der Waals surface area contributed by atoms with Crippen LogP contribution in [0.1, 0.15) is 11.1 Å². The Morgan fingerprint density at radius 1 is 1.29 bits per heavy atom. The first-order valence-electron chi connectivity index (χ1n) is 6.84. The van der Waals surface area contributed by atoms with Crippen LogP contribution in [0.5, 0.6) is 0 Å². The highest BCUT2D eigenvalue weighted by Gasteiger charge is 2.14. The molecule has 24 heavy (non-hydrogen) atoms. The Morgan fingerprint density at radius 2 is 1.96 bits per heavy atom. The third-order valence-electron chi connectivity index (χ3n) is 3.23. The first kappa shape index (κ1) is 17.4. The van der Waals surface area contributed by atoms with Crippen LogP contribution in [0, 0.1) is 28.4 Å². The van der Waals surface area contributed by atoms with Crippen LogP contribution < -0.4 is 5.32 Å². The normalized spacial score (nSPS) is 10.8. The number of nitriles is 1. The number of non-ortho nitro benzene ring substituents is 1. The number of anilines is 1. The molecular formula is C17H12BrN3O3. The van der Waals surface area contributed by atoms with Gasteiger partial charge in [-0.15, -0.1) is 0 Å². The monoisotopic (exact) mass is 385 g/mol. The molecule has 1 amide bonds. The summed E-state index contributed by atoms with van der Waals surface area (Å²) in [6.07, 6.45) is 1.45. The molecule has 0 radical (unpaired) electrons. The maximum Gasteiger partial charge on any atom is 0.271 e. The summed E-state index contributed by atoms with van der Waals surface area (Å²) in [7, 11) is 0. The van der Waals surface area contributed by atoms with E-state index in [1.807, 2.05) is 6.07 Å². The van der Waals surface area contributed by atoms with Crippen molar-refractivity contribution >= 4 is 39.3 Å². The number of nitro groups is 1. The maximum absolute atomic E-state index is 12.3. The second kappa shape index (κ2) is 7.53. The number of rotatable bonds is 4. The zero-order chi connectivity index (χ0) is 17.7. The van der Waals surface area contributed by atoms with Crippen molar-refractivity contribution < 1.29 is 9.72 Å². The second-order valence-corrected chi connectivity index (χ2v) is 5.85. The van der Waals surface area contributed by atoms with Gasteiger partial charge in [-0.3, -0.25) is 14.9 Å². The SMILES string of the molecule is Cc1ccc([N+](=O)[O-])cc1NC(=O)C(C#N)=Cc1ccc(Br)cc1. The van der Waals surface area contributed by atoms with Gasteiger partial charge < -0.3 is 5.32 Å². The average molecular weight is 386 g/mol. The molecule has 0 aliphatic heterocycles. The zero-order valence-electron chi connectivity index (χ0n) is 12.6. The minimum absolute atomic E-state index is 0.0942. The van der Waals surface area contributed by atoms with Crippen LogP contribution in [0.2, 0.25) is 0 Å². The van der Waals surface area contributed by atoms with Crippen LogP contribution in [-0.4, -0.2) is 10.8 Å². The third kappa shape index (κ3) is 4.27. The van der Waals surface area contributed by atoms with E-state index in [1.165, 1.54) is 24.3 Å². The van der Waals surface area contributed by atoms with Crippen molar-refractivity contribution in [1.82, 2.24) is 0 Å². The van der Waals surface area contributed by atoms with Gasteiger partial charge in [-0.05, 0) is 36.3 Å². The highest BCUT2D eigenvalue weighted by atomic mass is 79.9. The van der Waals surface area contributed by atoms with Crippen LogP contribution in [0.15, 0.2) is 52.5 Å². The molecule has 0 aliphatic rings. The lowest BCUT2D eigenvalue weighted by Gasteiger charge is -2.07. The Balaban J connectivity index is 2.27. The molecule has 0 saturated carbocycles. The fraction of sp³-hybridized carbons (Fsp3) is 0.0588. The van der Waals surface area contributed by atoms with Crippen molar-refractivity contribution in [2.75, 3.05) is 5.32 Å². The van der Waals surface area contributed by atoms with Crippen LogP contribution >= 0.6 is 15.9 Å². The summed E-state index contributed by atoms with van der Waals surface area (Å²) in [6, 6.07) is 13.1. The molecule has 0 aliphatic carbocycles. The van der Waals surface area contributed by atoms with E-state index in [1.54, 1.807) is 31.2 Å². The van der Waals surface area contributed by atoms with Crippen LogP contribution in [0.25, 0.3) is 6.08 Å². The number of nitro benzene ring substituents is 1. The zero-order valence-corrected chi connectivity index (χ0v) is 14.2. The first-order valence-corrected chi connectivity index (χ1v) is 7.64. The summed E-state index contributed by atoms with van der Waals surface area (Å²) in [5.74, 6) is -0.621. The van der Waals surface area contributed by atoms with Crippen LogP contribution in [0.3, 0.4) is 0 Å². The van der Waals surface area contributed by atoms with E-state index >= 15 is 0 Å². The Kier molecular flexibility index (Phi) is 5.45. The number of halogens is 1. The lowest BCUT2D eigenvalue weighted by atomic mass is 10.1. The molecule has 0 spiro atoms. The molecule has 0 saturated heterocycles. The van der Waals surface area contributed by atoms with Crippen molar-refractivity contribution in [2.45, 2.75) is 6.92 Å². The van der Waals surface area contributed by atoms with E-state index in [0.29, 0.717) is 16.8 Å². The number of hydrogen-bond acceptors (Lipinski definition) is 4. The summed E-state index contributed by atoms with van der Waals surface area (Å²) in [5.41, 5.74) is 1.43. The molecule has 2 aromatic carbocycles. The van der Waals surface area contributed by atoms with Gasteiger partial charge in [0.05, 0.1) is 10.6 Å². The van der Waals surface area contributed by atoms with Crippen molar-refractivity contribution in [1.29, 1.82) is 5.26 Å². The molecule has 2 aromatic rings. The van der Waals surface area contributed by atoms with Crippen molar-refractivity contribution in [3.8, 4) is 6.07 Å². The Bertz CT molecular complexity index is 868.